The van der Waals surface area contributed by atoms with Crippen LogP contribution in [0.4, 0.5) is 0 Å². The number of hydrogen-bond donors (Lipinski definition) is 0. The Bertz CT molecular complexity index is 672. The maximum Gasteiger partial charge on any atom is 0.223 e. The molecule has 7 heteroatoms. The van der Waals surface area contributed by atoms with E-state index in [1.54, 1.807) is 6.07 Å². The zero-order valence-electron chi connectivity index (χ0n) is 12.4. The van der Waals surface area contributed by atoms with Gasteiger partial charge in [-0.15, -0.1) is 0 Å². The molecule has 0 spiro atoms. The number of nitrogens with zero attached hydrogens (tertiary/aromatic N) is 2. The highest BCUT2D eigenvalue weighted by atomic mass is 35.5. The summed E-state index contributed by atoms with van der Waals surface area (Å²) in [5, 5.41) is 4.59. The molecule has 5 nitrogen and oxygen atoms in total. The summed E-state index contributed by atoms with van der Waals surface area (Å²) in [5.41, 5.74) is 1.02. The van der Waals surface area contributed by atoms with Crippen LogP contribution in [-0.4, -0.2) is 35.7 Å². The highest BCUT2D eigenvalue weighted by Gasteiger charge is 2.25. The molecule has 1 aromatic heterocycles. The molecule has 1 fully saturated rings. The molecule has 1 aliphatic heterocycles. The lowest BCUT2D eigenvalue weighted by Gasteiger charge is -2.33. The minimum absolute atomic E-state index is 0.0692. The molecule has 0 bridgehead atoms. The monoisotopic (exact) mass is 354 g/mol. The van der Waals surface area contributed by atoms with E-state index in [1.807, 2.05) is 29.2 Å². The van der Waals surface area contributed by atoms with Gasteiger partial charge in [-0.2, -0.15) is 0 Å². The van der Waals surface area contributed by atoms with Gasteiger partial charge in [0.25, 0.3) is 0 Å². The number of carbonyl (C=O) groups is 1. The number of aryl methyl sites for hydroxylation is 1. The smallest absolute Gasteiger partial charge is 0.223 e. The molecule has 1 aliphatic rings. The van der Waals surface area contributed by atoms with E-state index in [0.717, 1.165) is 5.56 Å². The quantitative estimate of drug-likeness (QED) is 0.842. The maximum atomic E-state index is 12.4. The molecule has 1 aromatic carbocycles. The molecule has 0 unspecified atom stereocenters. The SMILES string of the molecule is O=C(CCc1cc(Cl)no1)N1CCO[C@@H](c2ccc(Cl)cc2)C1. The molecule has 122 valence electrons. The Labute approximate surface area is 144 Å². The summed E-state index contributed by atoms with van der Waals surface area (Å²) in [5.74, 6) is 0.686. The summed E-state index contributed by atoms with van der Waals surface area (Å²) in [7, 11) is 0. The fourth-order valence-electron chi connectivity index (χ4n) is 2.55. The first-order valence-electron chi connectivity index (χ1n) is 7.38. The van der Waals surface area contributed by atoms with E-state index in [0.29, 0.717) is 48.5 Å². The molecule has 0 aliphatic carbocycles. The number of ether oxygens (including phenoxy) is 1. The minimum Gasteiger partial charge on any atom is -0.370 e. The van der Waals surface area contributed by atoms with Crippen molar-refractivity contribution in [2.75, 3.05) is 19.7 Å². The van der Waals surface area contributed by atoms with Gasteiger partial charge in [-0.3, -0.25) is 4.79 Å². The van der Waals surface area contributed by atoms with E-state index in [9.17, 15) is 4.79 Å². The molecule has 1 atom stereocenters. The van der Waals surface area contributed by atoms with Crippen molar-refractivity contribution in [3.8, 4) is 0 Å². The van der Waals surface area contributed by atoms with Gasteiger partial charge in [0.1, 0.15) is 11.9 Å². The second-order valence-electron chi connectivity index (χ2n) is 5.37. The topological polar surface area (TPSA) is 55.6 Å². The summed E-state index contributed by atoms with van der Waals surface area (Å²) >= 11 is 11.6. The van der Waals surface area contributed by atoms with Gasteiger partial charge in [0.05, 0.1) is 13.2 Å². The van der Waals surface area contributed by atoms with E-state index in [2.05, 4.69) is 5.16 Å². The van der Waals surface area contributed by atoms with Crippen molar-refractivity contribution in [1.82, 2.24) is 10.1 Å². The van der Waals surface area contributed by atoms with E-state index >= 15 is 0 Å². The molecule has 2 aromatic rings. The lowest BCUT2D eigenvalue weighted by Crippen LogP contribution is -2.42. The van der Waals surface area contributed by atoms with Gasteiger partial charge in [0, 0.05) is 30.5 Å². The van der Waals surface area contributed by atoms with Crippen LogP contribution >= 0.6 is 23.2 Å². The van der Waals surface area contributed by atoms with Crippen molar-refractivity contribution < 1.29 is 14.1 Å². The van der Waals surface area contributed by atoms with Gasteiger partial charge in [-0.1, -0.05) is 40.5 Å². The minimum atomic E-state index is -0.121. The number of carbonyl (C=O) groups excluding carboxylic acids is 1. The van der Waals surface area contributed by atoms with Crippen LogP contribution in [0.2, 0.25) is 10.2 Å². The summed E-state index contributed by atoms with van der Waals surface area (Å²) in [6.45, 7) is 1.66. The Balaban J connectivity index is 1.57. The molecular weight excluding hydrogens is 339 g/mol. The van der Waals surface area contributed by atoms with Crippen LogP contribution in [0.25, 0.3) is 0 Å². The Morgan fingerprint density at radius 2 is 2.09 bits per heavy atom. The van der Waals surface area contributed by atoms with Crippen LogP contribution in [0.5, 0.6) is 0 Å². The van der Waals surface area contributed by atoms with Crippen molar-refractivity contribution in [1.29, 1.82) is 0 Å². The van der Waals surface area contributed by atoms with Crippen molar-refractivity contribution in [2.45, 2.75) is 18.9 Å². The molecule has 3 rings (SSSR count). The third-order valence-corrected chi connectivity index (χ3v) is 4.21. The van der Waals surface area contributed by atoms with E-state index in [-0.39, 0.29) is 12.0 Å². The normalized spacial score (nSPS) is 18.2. The lowest BCUT2D eigenvalue weighted by molar-refractivity contribution is -0.139. The molecule has 2 heterocycles. The second-order valence-corrected chi connectivity index (χ2v) is 6.19. The van der Waals surface area contributed by atoms with Crippen molar-refractivity contribution in [3.05, 3.63) is 51.8 Å². The van der Waals surface area contributed by atoms with Crippen molar-refractivity contribution in [2.24, 2.45) is 0 Å². The number of benzene rings is 1. The van der Waals surface area contributed by atoms with Gasteiger partial charge in [0.2, 0.25) is 5.91 Å². The summed E-state index contributed by atoms with van der Waals surface area (Å²) in [6, 6.07) is 9.14. The van der Waals surface area contributed by atoms with Crippen molar-refractivity contribution in [3.63, 3.8) is 0 Å². The zero-order chi connectivity index (χ0) is 16.2. The number of halogens is 2. The second kappa shape index (κ2) is 7.34. The van der Waals surface area contributed by atoms with E-state index < -0.39 is 0 Å². The van der Waals surface area contributed by atoms with Gasteiger partial charge >= 0.3 is 0 Å². The van der Waals surface area contributed by atoms with Crippen LogP contribution in [-0.2, 0) is 16.0 Å². The molecule has 1 saturated heterocycles. The summed E-state index contributed by atoms with van der Waals surface area (Å²) < 4.78 is 10.8. The number of aromatic nitrogens is 1. The Kier molecular flexibility index (Phi) is 5.20. The van der Waals surface area contributed by atoms with Crippen LogP contribution in [0.15, 0.2) is 34.9 Å². The highest BCUT2D eigenvalue weighted by Crippen LogP contribution is 2.24. The first-order valence-corrected chi connectivity index (χ1v) is 8.13. The largest absolute Gasteiger partial charge is 0.370 e. The standard InChI is InChI=1S/C16H16Cl2N2O3/c17-12-3-1-11(2-4-12)14-10-20(7-8-22-14)16(21)6-5-13-9-15(18)19-23-13/h1-4,9,14H,5-8,10H2/t14-/m1/s1. The van der Waals surface area contributed by atoms with Crippen LogP contribution in [0.3, 0.4) is 0 Å². The van der Waals surface area contributed by atoms with Crippen LogP contribution in [0, 0.1) is 0 Å². The fourth-order valence-corrected chi connectivity index (χ4v) is 2.83. The van der Waals surface area contributed by atoms with E-state index in [1.165, 1.54) is 0 Å². The van der Waals surface area contributed by atoms with Gasteiger partial charge < -0.3 is 14.2 Å². The van der Waals surface area contributed by atoms with Gasteiger partial charge in [-0.05, 0) is 17.7 Å². The van der Waals surface area contributed by atoms with Crippen molar-refractivity contribution >= 4 is 29.1 Å². The number of rotatable bonds is 4. The predicted molar refractivity (Wildman–Crippen MR) is 86.6 cm³/mol. The van der Waals surface area contributed by atoms with Crippen LogP contribution in [0.1, 0.15) is 23.8 Å². The third-order valence-electron chi connectivity index (χ3n) is 3.78. The highest BCUT2D eigenvalue weighted by molar-refractivity contribution is 6.30. The first-order chi connectivity index (χ1) is 11.1. The van der Waals surface area contributed by atoms with E-state index in [4.69, 9.17) is 32.5 Å². The number of amides is 1. The predicted octanol–water partition coefficient (Wildman–Crippen LogP) is 3.51. The number of morpholine rings is 1. The lowest BCUT2D eigenvalue weighted by atomic mass is 10.1. The molecule has 0 saturated carbocycles. The van der Waals surface area contributed by atoms with Gasteiger partial charge in [-0.25, -0.2) is 0 Å². The fraction of sp³-hybridized carbons (Fsp3) is 0.375. The summed E-state index contributed by atoms with van der Waals surface area (Å²) in [4.78, 5) is 14.2. The molecule has 1 amide bonds. The average Bonchev–Trinajstić information content (AvgIpc) is 2.99. The third kappa shape index (κ3) is 4.25. The Morgan fingerprint density at radius 3 is 2.78 bits per heavy atom. The maximum absolute atomic E-state index is 12.4. The number of hydrogen-bond acceptors (Lipinski definition) is 4. The molecule has 0 N–H and O–H groups in total. The van der Waals surface area contributed by atoms with Crippen LogP contribution < -0.4 is 0 Å². The Hall–Kier alpha value is -1.56. The Morgan fingerprint density at radius 1 is 1.30 bits per heavy atom. The molecule has 0 radical (unpaired) electrons. The zero-order valence-corrected chi connectivity index (χ0v) is 13.9. The van der Waals surface area contributed by atoms with Gasteiger partial charge in [0.15, 0.2) is 5.15 Å². The average molecular weight is 355 g/mol. The summed E-state index contributed by atoms with van der Waals surface area (Å²) in [6.07, 6.45) is 0.727. The molecular formula is C16H16Cl2N2O3. The first kappa shape index (κ1) is 16.3. The molecule has 23 heavy (non-hydrogen) atoms.